The van der Waals surface area contributed by atoms with E-state index in [0.29, 0.717) is 23.7 Å². The number of hydrogen-bond acceptors (Lipinski definition) is 9. The van der Waals surface area contributed by atoms with E-state index in [1.54, 1.807) is 0 Å². The lowest BCUT2D eigenvalue weighted by Crippen LogP contribution is -2.56. The minimum absolute atomic E-state index is 0.0301. The summed E-state index contributed by atoms with van der Waals surface area (Å²) < 4.78 is 38.0. The van der Waals surface area contributed by atoms with E-state index in [4.69, 9.17) is 28.1 Å². The maximum absolute atomic E-state index is 14.1. The van der Waals surface area contributed by atoms with Gasteiger partial charge in [-0.1, -0.05) is 144 Å². The fraction of sp³-hybridized carbons (Fsp3) is 0.421. The molecule has 70 heavy (non-hydrogen) atoms. The van der Waals surface area contributed by atoms with Crippen molar-refractivity contribution in [2.24, 2.45) is 0 Å². The van der Waals surface area contributed by atoms with Gasteiger partial charge in [0.05, 0.1) is 12.6 Å². The maximum Gasteiger partial charge on any atom is 0.408 e. The van der Waals surface area contributed by atoms with Gasteiger partial charge in [-0.05, 0) is 116 Å². The average Bonchev–Trinajstić information content (AvgIpc) is 3.28. The van der Waals surface area contributed by atoms with Crippen molar-refractivity contribution >= 4 is 34.5 Å². The van der Waals surface area contributed by atoms with Gasteiger partial charge in [-0.2, -0.15) is 0 Å². The van der Waals surface area contributed by atoms with E-state index in [0.717, 1.165) is 39.4 Å². The van der Waals surface area contributed by atoms with Crippen molar-refractivity contribution in [3.63, 3.8) is 0 Å². The van der Waals surface area contributed by atoms with Gasteiger partial charge in [-0.3, -0.25) is 0 Å². The van der Waals surface area contributed by atoms with Crippen LogP contribution in [-0.2, 0) is 55.3 Å². The smallest absolute Gasteiger partial charge is 0.408 e. The van der Waals surface area contributed by atoms with Crippen LogP contribution in [0.25, 0.3) is 11.1 Å². The van der Waals surface area contributed by atoms with E-state index in [9.17, 15) is 14.4 Å². The van der Waals surface area contributed by atoms with Crippen LogP contribution in [0.3, 0.4) is 0 Å². The second-order valence-corrected chi connectivity index (χ2v) is 32.2. The Kier molecular flexibility index (Phi) is 18.7. The number of nitrogens with one attached hydrogen (secondary N) is 2. The molecular weight excluding hydrogens is 913 g/mol. The molecule has 0 bridgehead atoms. The first-order valence-electron chi connectivity index (χ1n) is 24.3. The first-order chi connectivity index (χ1) is 32.8. The summed E-state index contributed by atoms with van der Waals surface area (Å²) >= 11 is 0. The van der Waals surface area contributed by atoms with E-state index in [1.165, 1.54) is 0 Å². The molecule has 2 N–H and O–H groups in total. The Bertz CT molecular complexity index is 2480. The second kappa shape index (κ2) is 23.8. The average molecular weight is 989 g/mol. The molecular formula is C57H76N2O9Si2. The van der Waals surface area contributed by atoms with Crippen molar-refractivity contribution in [3.05, 3.63) is 155 Å². The molecule has 0 saturated heterocycles. The minimum Gasteiger partial charge on any atom is -0.489 e. The van der Waals surface area contributed by atoms with Crippen LogP contribution < -0.4 is 20.1 Å². The number of amides is 2. The number of alkyl carbamates (subject to hydrolysis) is 2. The molecule has 5 aromatic rings. The molecule has 0 unspecified atom stereocenters. The van der Waals surface area contributed by atoms with Crippen molar-refractivity contribution in [1.82, 2.24) is 10.6 Å². The van der Waals surface area contributed by atoms with Gasteiger partial charge in [0.25, 0.3) is 0 Å². The summed E-state index contributed by atoms with van der Waals surface area (Å²) in [6.45, 7) is 27.9. The molecule has 13 heteroatoms. The van der Waals surface area contributed by atoms with Crippen LogP contribution in [0.5, 0.6) is 11.5 Å². The lowest BCUT2D eigenvalue weighted by Gasteiger charge is -2.47. The second-order valence-electron chi connectivity index (χ2n) is 21.9. The molecule has 0 fully saturated rings. The lowest BCUT2D eigenvalue weighted by molar-refractivity contribution is -0.145. The SMILES string of the molecule is C[C@H](NC(=O)OC(C)(C)C)[C@](C)(O[Si](C)(C)C(C)(C)C)c1cc(-c2ccc(OCc3ccccc3)c(C[C@H](NC(=O)OCc3ccccc3)C(=O)OCC[Si](C)(C)C)c2)ccc1OCc1ccccc1. The van der Waals surface area contributed by atoms with Gasteiger partial charge >= 0.3 is 18.2 Å². The van der Waals surface area contributed by atoms with Crippen LogP contribution >= 0.6 is 0 Å². The predicted molar refractivity (Wildman–Crippen MR) is 284 cm³/mol. The van der Waals surface area contributed by atoms with Crippen molar-refractivity contribution in [1.29, 1.82) is 0 Å². The highest BCUT2D eigenvalue weighted by molar-refractivity contribution is 6.76. The molecule has 0 aliphatic carbocycles. The molecule has 3 atom stereocenters. The number of hydrogen-bond donors (Lipinski definition) is 2. The van der Waals surface area contributed by atoms with Crippen LogP contribution in [0, 0.1) is 0 Å². The molecule has 5 rings (SSSR count). The molecule has 11 nitrogen and oxygen atoms in total. The Morgan fingerprint density at radius 1 is 0.586 bits per heavy atom. The summed E-state index contributed by atoms with van der Waals surface area (Å²) in [5.41, 5.74) is 3.92. The molecule has 0 aliphatic heterocycles. The van der Waals surface area contributed by atoms with E-state index in [-0.39, 0.29) is 31.3 Å². The molecule has 0 spiro atoms. The van der Waals surface area contributed by atoms with Crippen LogP contribution in [0.2, 0.25) is 43.8 Å². The summed E-state index contributed by atoms with van der Waals surface area (Å²) in [4.78, 5) is 41.1. The predicted octanol–water partition coefficient (Wildman–Crippen LogP) is 13.4. The zero-order valence-electron chi connectivity index (χ0n) is 43.7. The number of ether oxygens (including phenoxy) is 5. The third-order valence-electron chi connectivity index (χ3n) is 12.5. The molecule has 0 radical (unpaired) electrons. The normalized spacial score (nSPS) is 13.8. The molecule has 0 heterocycles. The lowest BCUT2D eigenvalue weighted by atomic mass is 9.86. The highest BCUT2D eigenvalue weighted by Gasteiger charge is 2.48. The van der Waals surface area contributed by atoms with Gasteiger partial charge in [0, 0.05) is 20.1 Å². The Labute approximate surface area is 419 Å². The highest BCUT2D eigenvalue weighted by atomic mass is 28.4. The summed E-state index contributed by atoms with van der Waals surface area (Å²) in [5, 5.41) is 5.76. The minimum atomic E-state index is -2.58. The van der Waals surface area contributed by atoms with Gasteiger partial charge < -0.3 is 38.7 Å². The van der Waals surface area contributed by atoms with Gasteiger partial charge in [-0.15, -0.1) is 0 Å². The van der Waals surface area contributed by atoms with Crippen molar-refractivity contribution in [3.8, 4) is 22.6 Å². The monoisotopic (exact) mass is 989 g/mol. The highest BCUT2D eigenvalue weighted by Crippen LogP contribution is 2.46. The third kappa shape index (κ3) is 16.6. The van der Waals surface area contributed by atoms with Crippen LogP contribution in [0.15, 0.2) is 127 Å². The number of carbonyl (C=O) groups is 3. The Hall–Kier alpha value is -5.90. The molecule has 0 saturated carbocycles. The Morgan fingerprint density at radius 2 is 1.09 bits per heavy atom. The molecule has 5 aromatic carbocycles. The summed E-state index contributed by atoms with van der Waals surface area (Å²) in [5.74, 6) is 0.562. The van der Waals surface area contributed by atoms with E-state index in [2.05, 4.69) is 70.2 Å². The topological polar surface area (TPSA) is 131 Å². The van der Waals surface area contributed by atoms with Gasteiger partial charge in [-0.25, -0.2) is 14.4 Å². The van der Waals surface area contributed by atoms with Crippen molar-refractivity contribution < 1.29 is 42.5 Å². The van der Waals surface area contributed by atoms with Gasteiger partial charge in [0.2, 0.25) is 0 Å². The van der Waals surface area contributed by atoms with Crippen LogP contribution in [-0.4, -0.2) is 58.8 Å². The van der Waals surface area contributed by atoms with Crippen LogP contribution in [0.4, 0.5) is 9.59 Å². The number of rotatable bonds is 21. The quantitative estimate of drug-likeness (QED) is 0.0419. The largest absolute Gasteiger partial charge is 0.489 e. The first kappa shape index (κ1) is 55.0. The first-order valence-corrected chi connectivity index (χ1v) is 30.9. The standard InChI is InChI=1S/C57H76N2O9Si2/c1-41(58-54(62)67-55(2,3)4)57(8,68-70(12,13)56(5,6)7)48-36-46(30-32-51(48)65-39-43-25-19-15-20-26-43)45-29-31-50(64-38-42-23-17-14-18-24-42)47(35-45)37-49(52(60)63-33-34-69(9,10)11)59-53(61)66-40-44-27-21-16-22-28-44/h14-32,35-36,41,49H,33-34,37-40H2,1-13H3,(H,58,62)(H,59,61)/t41-,49-,57-/m0/s1. The van der Waals surface area contributed by atoms with Crippen molar-refractivity contribution in [2.45, 2.75) is 149 Å². The maximum atomic E-state index is 14.1. The van der Waals surface area contributed by atoms with Gasteiger partial charge in [0.1, 0.15) is 48.6 Å². The fourth-order valence-corrected chi connectivity index (χ4v) is 9.68. The van der Waals surface area contributed by atoms with E-state index >= 15 is 0 Å². The number of carbonyl (C=O) groups excluding carboxylic acids is 3. The molecule has 0 aliphatic rings. The van der Waals surface area contributed by atoms with Gasteiger partial charge in [0.15, 0.2) is 8.32 Å². The van der Waals surface area contributed by atoms with E-state index < -0.39 is 57.8 Å². The Balaban J connectivity index is 1.64. The summed E-state index contributed by atoms with van der Waals surface area (Å²) in [6, 6.07) is 40.1. The van der Waals surface area contributed by atoms with Crippen molar-refractivity contribution in [2.75, 3.05) is 6.61 Å². The molecule has 2 amide bonds. The van der Waals surface area contributed by atoms with Crippen LogP contribution in [0.1, 0.15) is 83.2 Å². The molecule has 0 aromatic heterocycles. The fourth-order valence-electron chi connectivity index (χ4n) is 7.31. The zero-order chi connectivity index (χ0) is 51.3. The summed E-state index contributed by atoms with van der Waals surface area (Å²) in [7, 11) is -4.14. The zero-order valence-corrected chi connectivity index (χ0v) is 45.7. The number of esters is 1. The molecule has 376 valence electrons. The van der Waals surface area contributed by atoms with E-state index in [1.807, 2.05) is 156 Å². The number of benzene rings is 5. The Morgan fingerprint density at radius 3 is 1.60 bits per heavy atom. The third-order valence-corrected chi connectivity index (χ3v) is 18.8. The summed E-state index contributed by atoms with van der Waals surface area (Å²) in [6.07, 6.45) is -1.27.